The van der Waals surface area contributed by atoms with Gasteiger partial charge in [0.2, 0.25) is 11.8 Å². The molecule has 1 aromatic carbocycles. The monoisotopic (exact) mass is 339 g/mol. The number of likely N-dealkylation sites (tertiary alicyclic amines) is 1. The molecule has 3 fully saturated rings. The van der Waals surface area contributed by atoms with Crippen LogP contribution in [-0.4, -0.2) is 49.6 Å². The van der Waals surface area contributed by atoms with Gasteiger partial charge in [-0.05, 0) is 31.0 Å². The molecule has 0 aromatic heterocycles. The first kappa shape index (κ1) is 16.1. The molecule has 25 heavy (non-hydrogen) atoms. The Morgan fingerprint density at radius 3 is 3.00 bits per heavy atom. The normalized spacial score (nSPS) is 28.8. The van der Waals surface area contributed by atoms with Crippen LogP contribution in [0.25, 0.3) is 0 Å². The number of carbonyl (C=O) groups is 2. The number of hydrogen-bond acceptors (Lipinski definition) is 4. The molecule has 2 unspecified atom stereocenters. The van der Waals surface area contributed by atoms with Gasteiger partial charge in [-0.3, -0.25) is 9.59 Å². The van der Waals surface area contributed by atoms with Gasteiger partial charge < -0.3 is 14.5 Å². The van der Waals surface area contributed by atoms with E-state index >= 15 is 0 Å². The molecule has 3 aliphatic heterocycles. The van der Waals surface area contributed by atoms with Crippen molar-refractivity contribution in [1.82, 2.24) is 4.90 Å². The van der Waals surface area contributed by atoms with E-state index in [9.17, 15) is 9.59 Å². The molecule has 0 aliphatic carbocycles. The summed E-state index contributed by atoms with van der Waals surface area (Å²) in [5, 5.41) is 9.07. The van der Waals surface area contributed by atoms with E-state index in [1.165, 1.54) is 0 Å². The maximum absolute atomic E-state index is 12.6. The lowest BCUT2D eigenvalue weighted by molar-refractivity contribution is -0.135. The minimum Gasteiger partial charge on any atom is -0.381 e. The minimum absolute atomic E-state index is 0.0179. The fourth-order valence-electron chi connectivity index (χ4n) is 4.26. The molecule has 0 bridgehead atoms. The molecular weight excluding hydrogens is 318 g/mol. The zero-order valence-corrected chi connectivity index (χ0v) is 14.1. The van der Waals surface area contributed by atoms with Crippen molar-refractivity contribution in [2.24, 2.45) is 11.3 Å². The van der Waals surface area contributed by atoms with Crippen LogP contribution in [0, 0.1) is 22.7 Å². The fourth-order valence-corrected chi connectivity index (χ4v) is 4.26. The molecule has 2 atom stereocenters. The summed E-state index contributed by atoms with van der Waals surface area (Å²) in [6, 6.07) is 9.28. The third kappa shape index (κ3) is 2.89. The number of rotatable bonds is 2. The average molecular weight is 339 g/mol. The molecule has 2 amide bonds. The summed E-state index contributed by atoms with van der Waals surface area (Å²) in [4.78, 5) is 28.9. The van der Waals surface area contributed by atoms with Crippen molar-refractivity contribution in [3.05, 3.63) is 29.8 Å². The maximum Gasteiger partial charge on any atom is 0.228 e. The first-order chi connectivity index (χ1) is 12.1. The van der Waals surface area contributed by atoms with E-state index < -0.39 is 0 Å². The van der Waals surface area contributed by atoms with Crippen LogP contribution in [0.2, 0.25) is 0 Å². The second-order valence-corrected chi connectivity index (χ2v) is 7.39. The third-order valence-electron chi connectivity index (χ3n) is 5.64. The van der Waals surface area contributed by atoms with E-state index in [-0.39, 0.29) is 23.1 Å². The number of amides is 2. The van der Waals surface area contributed by atoms with Gasteiger partial charge in [0.15, 0.2) is 0 Å². The Morgan fingerprint density at radius 2 is 2.24 bits per heavy atom. The highest BCUT2D eigenvalue weighted by Crippen LogP contribution is 2.42. The lowest BCUT2D eigenvalue weighted by Gasteiger charge is -2.25. The first-order valence-electron chi connectivity index (χ1n) is 8.77. The minimum atomic E-state index is -0.158. The van der Waals surface area contributed by atoms with Gasteiger partial charge >= 0.3 is 0 Å². The molecule has 6 nitrogen and oxygen atoms in total. The Morgan fingerprint density at radius 1 is 1.36 bits per heavy atom. The maximum atomic E-state index is 12.6. The van der Waals surface area contributed by atoms with Crippen LogP contribution in [-0.2, 0) is 14.3 Å². The van der Waals surface area contributed by atoms with Gasteiger partial charge in [-0.25, -0.2) is 0 Å². The van der Waals surface area contributed by atoms with E-state index in [1.807, 2.05) is 11.0 Å². The fraction of sp³-hybridized carbons (Fsp3) is 0.526. The van der Waals surface area contributed by atoms with Gasteiger partial charge in [0.25, 0.3) is 0 Å². The smallest absolute Gasteiger partial charge is 0.228 e. The SMILES string of the molecule is N#Cc1cccc(N2CC3(CCN(C(=O)C4CCOC4)C3)CC2=O)c1. The van der Waals surface area contributed by atoms with E-state index in [4.69, 9.17) is 10.00 Å². The lowest BCUT2D eigenvalue weighted by atomic mass is 9.86. The van der Waals surface area contributed by atoms with Crippen LogP contribution < -0.4 is 4.90 Å². The molecule has 1 aromatic rings. The molecule has 0 saturated carbocycles. The van der Waals surface area contributed by atoms with Crippen molar-refractivity contribution in [1.29, 1.82) is 5.26 Å². The number of hydrogen-bond donors (Lipinski definition) is 0. The van der Waals surface area contributed by atoms with E-state index in [0.717, 1.165) is 18.5 Å². The summed E-state index contributed by atoms with van der Waals surface area (Å²) in [5.74, 6) is 0.232. The zero-order chi connectivity index (χ0) is 17.4. The zero-order valence-electron chi connectivity index (χ0n) is 14.1. The van der Waals surface area contributed by atoms with Gasteiger partial charge in [-0.15, -0.1) is 0 Å². The molecule has 3 aliphatic rings. The van der Waals surface area contributed by atoms with Crippen LogP contribution in [0.5, 0.6) is 0 Å². The number of nitriles is 1. The quantitative estimate of drug-likeness (QED) is 0.819. The molecular formula is C19H21N3O3. The highest BCUT2D eigenvalue weighted by atomic mass is 16.5. The van der Waals surface area contributed by atoms with E-state index in [2.05, 4.69) is 6.07 Å². The Bertz CT molecular complexity index is 751. The van der Waals surface area contributed by atoms with Crippen molar-refractivity contribution in [3.8, 4) is 6.07 Å². The number of anilines is 1. The molecule has 3 saturated heterocycles. The predicted octanol–water partition coefficient (Wildman–Crippen LogP) is 1.55. The predicted molar refractivity (Wildman–Crippen MR) is 90.7 cm³/mol. The number of benzene rings is 1. The van der Waals surface area contributed by atoms with Crippen LogP contribution >= 0.6 is 0 Å². The summed E-state index contributed by atoms with van der Waals surface area (Å²) in [7, 11) is 0. The third-order valence-corrected chi connectivity index (χ3v) is 5.64. The van der Waals surface area contributed by atoms with Gasteiger partial charge in [0, 0.05) is 43.8 Å². The van der Waals surface area contributed by atoms with E-state index in [0.29, 0.717) is 44.8 Å². The molecule has 0 N–H and O–H groups in total. The van der Waals surface area contributed by atoms with Crippen molar-refractivity contribution in [2.75, 3.05) is 37.7 Å². The van der Waals surface area contributed by atoms with Crippen molar-refractivity contribution in [2.45, 2.75) is 19.3 Å². The number of nitrogens with zero attached hydrogens (tertiary/aromatic N) is 3. The topological polar surface area (TPSA) is 73.6 Å². The van der Waals surface area contributed by atoms with Gasteiger partial charge in [0.05, 0.1) is 24.2 Å². The van der Waals surface area contributed by atoms with Crippen LogP contribution in [0.3, 0.4) is 0 Å². The molecule has 1 spiro atoms. The Balaban J connectivity index is 1.48. The lowest BCUT2D eigenvalue weighted by Crippen LogP contribution is -2.37. The van der Waals surface area contributed by atoms with Gasteiger partial charge in [-0.2, -0.15) is 5.26 Å². The standard InChI is InChI=1S/C19H21N3O3/c20-10-14-2-1-3-16(8-14)22-13-19(9-17(22)23)5-6-21(12-19)18(24)15-4-7-25-11-15/h1-3,8,15H,4-7,9,11-13H2. The van der Waals surface area contributed by atoms with Crippen LogP contribution in [0.1, 0.15) is 24.8 Å². The van der Waals surface area contributed by atoms with Crippen LogP contribution in [0.15, 0.2) is 24.3 Å². The second-order valence-electron chi connectivity index (χ2n) is 7.39. The Hall–Kier alpha value is -2.39. The molecule has 6 heteroatoms. The first-order valence-corrected chi connectivity index (χ1v) is 8.77. The number of carbonyl (C=O) groups excluding carboxylic acids is 2. The summed E-state index contributed by atoms with van der Waals surface area (Å²) in [5.41, 5.74) is 1.17. The van der Waals surface area contributed by atoms with Crippen molar-refractivity contribution < 1.29 is 14.3 Å². The second kappa shape index (κ2) is 6.16. The largest absolute Gasteiger partial charge is 0.381 e. The number of ether oxygens (including phenoxy) is 1. The molecule has 4 rings (SSSR count). The summed E-state index contributed by atoms with van der Waals surface area (Å²) >= 11 is 0. The molecule has 0 radical (unpaired) electrons. The van der Waals surface area contributed by atoms with Crippen molar-refractivity contribution >= 4 is 17.5 Å². The highest BCUT2D eigenvalue weighted by Gasteiger charge is 2.49. The molecule has 3 heterocycles. The van der Waals surface area contributed by atoms with E-state index in [1.54, 1.807) is 23.1 Å². The average Bonchev–Trinajstić information content (AvgIpc) is 3.36. The van der Waals surface area contributed by atoms with Crippen molar-refractivity contribution in [3.63, 3.8) is 0 Å². The van der Waals surface area contributed by atoms with Gasteiger partial charge in [0.1, 0.15) is 0 Å². The molecule has 130 valence electrons. The Labute approximate surface area is 147 Å². The highest BCUT2D eigenvalue weighted by molar-refractivity contribution is 5.96. The summed E-state index contributed by atoms with van der Waals surface area (Å²) < 4.78 is 5.33. The van der Waals surface area contributed by atoms with Crippen LogP contribution in [0.4, 0.5) is 5.69 Å². The summed E-state index contributed by atoms with van der Waals surface area (Å²) in [6.07, 6.45) is 2.12. The summed E-state index contributed by atoms with van der Waals surface area (Å²) in [6.45, 7) is 3.16. The van der Waals surface area contributed by atoms with Gasteiger partial charge in [-0.1, -0.05) is 6.07 Å². The Kier molecular flexibility index (Phi) is 3.97.